The Morgan fingerprint density at radius 2 is 1.71 bits per heavy atom. The molecule has 0 aliphatic heterocycles. The molecule has 0 aliphatic carbocycles. The minimum atomic E-state index is -3.89. The van der Waals surface area contributed by atoms with Crippen LogP contribution in [0.25, 0.3) is 0 Å². The van der Waals surface area contributed by atoms with Gasteiger partial charge in [0.1, 0.15) is 6.04 Å². The number of nitrogens with zero attached hydrogens (tertiary/aromatic N) is 2. The molecule has 34 heavy (non-hydrogen) atoms. The van der Waals surface area contributed by atoms with E-state index in [2.05, 4.69) is 5.32 Å². The lowest BCUT2D eigenvalue weighted by atomic mass is 10.1. The van der Waals surface area contributed by atoms with Gasteiger partial charge in [0.05, 0.1) is 21.5 Å². The topological polar surface area (TPSA) is 86.8 Å². The number of benzene rings is 2. The molecule has 186 valence electrons. The number of amides is 2. The lowest BCUT2D eigenvalue weighted by molar-refractivity contribution is -0.140. The van der Waals surface area contributed by atoms with Crippen molar-refractivity contribution in [2.24, 2.45) is 0 Å². The molecule has 0 spiro atoms. The number of nitrogens with one attached hydrogen (secondary N) is 1. The highest BCUT2D eigenvalue weighted by atomic mass is 35.5. The average Bonchev–Trinajstić information content (AvgIpc) is 2.79. The molecule has 1 atom stereocenters. The average molecular weight is 529 g/mol. The first-order valence-electron chi connectivity index (χ1n) is 11.0. The number of hydrogen-bond donors (Lipinski definition) is 1. The van der Waals surface area contributed by atoms with Gasteiger partial charge in [0.25, 0.3) is 0 Å². The zero-order valence-electron chi connectivity index (χ0n) is 19.8. The Morgan fingerprint density at radius 3 is 2.29 bits per heavy atom. The van der Waals surface area contributed by atoms with E-state index >= 15 is 0 Å². The van der Waals surface area contributed by atoms with Gasteiger partial charge in [-0.15, -0.1) is 0 Å². The molecule has 0 saturated heterocycles. The Balaban J connectivity index is 2.26. The minimum absolute atomic E-state index is 0.0660. The predicted octanol–water partition coefficient (Wildman–Crippen LogP) is 4.26. The molecule has 1 N–H and O–H groups in total. The number of halogens is 2. The first-order chi connectivity index (χ1) is 16.0. The largest absolute Gasteiger partial charge is 0.354 e. The zero-order valence-corrected chi connectivity index (χ0v) is 22.2. The lowest BCUT2D eigenvalue weighted by Gasteiger charge is -2.30. The first-order valence-corrected chi connectivity index (χ1v) is 13.2. The molecule has 0 radical (unpaired) electrons. The number of rotatable bonds is 11. The van der Waals surface area contributed by atoms with E-state index < -0.39 is 28.5 Å². The number of aryl methyl sites for hydroxylation is 1. The summed E-state index contributed by atoms with van der Waals surface area (Å²) in [5.74, 6) is -0.826. The fraction of sp³-hybridized carbons (Fsp3) is 0.417. The van der Waals surface area contributed by atoms with E-state index in [0.717, 1.165) is 22.7 Å². The second kappa shape index (κ2) is 12.5. The van der Waals surface area contributed by atoms with Crippen LogP contribution in [-0.4, -0.2) is 55.6 Å². The van der Waals surface area contributed by atoms with Crippen LogP contribution in [0.3, 0.4) is 0 Å². The Hall–Kier alpha value is -2.13. The van der Waals surface area contributed by atoms with Gasteiger partial charge >= 0.3 is 0 Å². The Labute approximate surface area is 212 Å². The van der Waals surface area contributed by atoms with Crippen LogP contribution < -0.4 is 5.32 Å². The van der Waals surface area contributed by atoms with Crippen LogP contribution in [0.2, 0.25) is 10.0 Å². The predicted molar refractivity (Wildman–Crippen MR) is 135 cm³/mol. The van der Waals surface area contributed by atoms with Gasteiger partial charge in [-0.2, -0.15) is 4.31 Å². The van der Waals surface area contributed by atoms with Crippen molar-refractivity contribution in [2.75, 3.05) is 20.1 Å². The fourth-order valence-electron chi connectivity index (χ4n) is 3.21. The van der Waals surface area contributed by atoms with Gasteiger partial charge in [-0.1, -0.05) is 60.3 Å². The summed E-state index contributed by atoms with van der Waals surface area (Å²) < 4.78 is 26.9. The summed E-state index contributed by atoms with van der Waals surface area (Å²) in [6.07, 6.45) is 1.74. The molecular weight excluding hydrogens is 497 g/mol. The monoisotopic (exact) mass is 527 g/mol. The van der Waals surface area contributed by atoms with Crippen molar-refractivity contribution in [3.05, 3.63) is 63.6 Å². The summed E-state index contributed by atoms with van der Waals surface area (Å²) in [5, 5.41) is 3.53. The van der Waals surface area contributed by atoms with Crippen molar-refractivity contribution in [1.29, 1.82) is 0 Å². The maximum Gasteiger partial charge on any atom is 0.243 e. The third-order valence-corrected chi connectivity index (χ3v) is 7.98. The van der Waals surface area contributed by atoms with Crippen LogP contribution in [0.5, 0.6) is 0 Å². The van der Waals surface area contributed by atoms with E-state index in [1.165, 1.54) is 24.1 Å². The quantitative estimate of drug-likeness (QED) is 0.442. The maximum atomic E-state index is 13.3. The van der Waals surface area contributed by atoms with Crippen LogP contribution in [0, 0.1) is 6.92 Å². The normalized spacial score (nSPS) is 12.4. The van der Waals surface area contributed by atoms with Crippen LogP contribution >= 0.6 is 23.2 Å². The summed E-state index contributed by atoms with van der Waals surface area (Å²) in [6.45, 7) is 5.62. The van der Waals surface area contributed by atoms with Crippen molar-refractivity contribution < 1.29 is 18.0 Å². The number of likely N-dealkylation sites (N-methyl/N-ethyl adjacent to an activating group) is 1. The molecule has 0 aliphatic rings. The molecule has 0 saturated carbocycles. The molecule has 0 bridgehead atoms. The summed E-state index contributed by atoms with van der Waals surface area (Å²) in [4.78, 5) is 27.5. The highest BCUT2D eigenvalue weighted by molar-refractivity contribution is 7.89. The van der Waals surface area contributed by atoms with Crippen LogP contribution in [0.4, 0.5) is 0 Å². The number of hydrogen-bond acceptors (Lipinski definition) is 4. The SMILES string of the molecule is CCCCNC(=O)C(C)N(Cc1ccc(Cl)c(Cl)c1)C(=O)CN(C)S(=O)(=O)c1ccc(C)cc1. The van der Waals surface area contributed by atoms with Crippen molar-refractivity contribution in [2.45, 2.75) is 51.1 Å². The van der Waals surface area contributed by atoms with E-state index in [4.69, 9.17) is 23.2 Å². The first kappa shape index (κ1) is 28.1. The van der Waals surface area contributed by atoms with Gasteiger partial charge < -0.3 is 10.2 Å². The van der Waals surface area contributed by atoms with E-state index in [0.29, 0.717) is 22.2 Å². The van der Waals surface area contributed by atoms with E-state index in [9.17, 15) is 18.0 Å². The highest BCUT2D eigenvalue weighted by Crippen LogP contribution is 2.24. The number of sulfonamides is 1. The standard InChI is InChI=1S/C24H31Cl2N3O4S/c1-5-6-13-27-24(31)18(3)29(15-19-9-12-21(25)22(26)14-19)23(30)16-28(4)34(32,33)20-10-7-17(2)8-11-20/h7-12,14,18H,5-6,13,15-16H2,1-4H3,(H,27,31). The third kappa shape index (κ3) is 7.43. The summed E-state index contributed by atoms with van der Waals surface area (Å²) in [5.41, 5.74) is 1.59. The summed E-state index contributed by atoms with van der Waals surface area (Å²) in [7, 11) is -2.54. The van der Waals surface area contributed by atoms with Gasteiger partial charge in [-0.05, 0) is 50.1 Å². The van der Waals surface area contributed by atoms with Crippen molar-refractivity contribution in [3.8, 4) is 0 Å². The molecule has 7 nitrogen and oxygen atoms in total. The molecule has 10 heteroatoms. The highest BCUT2D eigenvalue weighted by Gasteiger charge is 2.30. The molecule has 2 aromatic rings. The summed E-state index contributed by atoms with van der Waals surface area (Å²) >= 11 is 12.1. The van der Waals surface area contributed by atoms with E-state index in [1.807, 2.05) is 13.8 Å². The number of carbonyl (C=O) groups is 2. The summed E-state index contributed by atoms with van der Waals surface area (Å²) in [6, 6.07) is 10.5. The van der Waals surface area contributed by atoms with Gasteiger partial charge in [0, 0.05) is 20.1 Å². The maximum absolute atomic E-state index is 13.3. The van der Waals surface area contributed by atoms with Gasteiger partial charge in [0.2, 0.25) is 21.8 Å². The van der Waals surface area contributed by atoms with Crippen molar-refractivity contribution >= 4 is 45.0 Å². The van der Waals surface area contributed by atoms with E-state index in [1.54, 1.807) is 37.3 Å². The molecular formula is C24H31Cl2N3O4S. The van der Waals surface area contributed by atoms with Gasteiger partial charge in [-0.25, -0.2) is 8.42 Å². The number of carbonyl (C=O) groups excluding carboxylic acids is 2. The van der Waals surface area contributed by atoms with E-state index in [-0.39, 0.29) is 17.3 Å². The second-order valence-electron chi connectivity index (χ2n) is 8.16. The van der Waals surface area contributed by atoms with Crippen LogP contribution in [-0.2, 0) is 26.2 Å². The van der Waals surface area contributed by atoms with Crippen molar-refractivity contribution in [3.63, 3.8) is 0 Å². The fourth-order valence-corrected chi connectivity index (χ4v) is 4.65. The molecule has 0 fully saturated rings. The smallest absolute Gasteiger partial charge is 0.243 e. The van der Waals surface area contributed by atoms with Crippen LogP contribution in [0.15, 0.2) is 47.4 Å². The third-order valence-electron chi connectivity index (χ3n) is 5.42. The van der Waals surface area contributed by atoms with Crippen molar-refractivity contribution in [1.82, 2.24) is 14.5 Å². The lowest BCUT2D eigenvalue weighted by Crippen LogP contribution is -2.50. The molecule has 2 amide bonds. The molecule has 2 rings (SSSR count). The minimum Gasteiger partial charge on any atom is -0.354 e. The Bertz CT molecular complexity index is 1110. The van der Waals surface area contributed by atoms with Gasteiger partial charge in [-0.3, -0.25) is 9.59 Å². The molecule has 1 unspecified atom stereocenters. The second-order valence-corrected chi connectivity index (χ2v) is 11.0. The van der Waals surface area contributed by atoms with Gasteiger partial charge in [0.15, 0.2) is 0 Å². The number of unbranched alkanes of at least 4 members (excludes halogenated alkanes) is 1. The Kier molecular flexibility index (Phi) is 10.4. The molecule has 2 aromatic carbocycles. The zero-order chi connectivity index (χ0) is 25.5. The molecule has 0 heterocycles. The Morgan fingerprint density at radius 1 is 1.06 bits per heavy atom. The molecule has 0 aromatic heterocycles. The van der Waals surface area contributed by atoms with Crippen LogP contribution in [0.1, 0.15) is 37.8 Å².